The Labute approximate surface area is 169 Å². The van der Waals surface area contributed by atoms with Gasteiger partial charge in [0.15, 0.2) is 0 Å². The van der Waals surface area contributed by atoms with Crippen LogP contribution in [-0.2, 0) is 10.1 Å². The molecule has 0 bridgehead atoms. The van der Waals surface area contributed by atoms with Gasteiger partial charge < -0.3 is 9.76 Å². The Hall–Kier alpha value is -1.84. The Morgan fingerprint density at radius 1 is 1.11 bits per heavy atom. The van der Waals surface area contributed by atoms with E-state index in [1.54, 1.807) is 13.8 Å². The molecule has 0 unspecified atom stereocenters. The second kappa shape index (κ2) is 6.33. The fraction of sp³-hybridized carbons (Fsp3) is 0.440. The first-order valence-corrected chi connectivity index (χ1v) is 10.2. The Morgan fingerprint density at radius 2 is 1.82 bits per heavy atom. The van der Waals surface area contributed by atoms with Gasteiger partial charge in [0.2, 0.25) is 0 Å². The molecule has 0 aliphatic heterocycles. The number of hydrogen-bond donors (Lipinski definition) is 1. The predicted octanol–water partition coefficient (Wildman–Crippen LogP) is 5.05. The lowest BCUT2D eigenvalue weighted by atomic mass is 9.73. The van der Waals surface area contributed by atoms with Gasteiger partial charge in [-0.15, -0.1) is 0 Å². The minimum Gasteiger partial charge on any atom is -0.427 e. The van der Waals surface area contributed by atoms with Crippen LogP contribution in [-0.4, -0.2) is 23.8 Å². The summed E-state index contributed by atoms with van der Waals surface area (Å²) >= 11 is 0. The van der Waals surface area contributed by atoms with Crippen LogP contribution in [0, 0.1) is 0 Å². The number of hydrogen-bond acceptors (Lipinski definition) is 2. The van der Waals surface area contributed by atoms with Crippen LogP contribution in [0.1, 0.15) is 65.5 Å². The molecule has 2 aliphatic rings. The molecule has 4 rings (SSSR count). The lowest BCUT2D eigenvalue weighted by Crippen LogP contribution is -2.49. The molecule has 145 valence electrons. The molecule has 0 saturated carbocycles. The zero-order chi connectivity index (χ0) is 20.3. The molecule has 0 spiro atoms. The molecule has 0 heterocycles. The van der Waals surface area contributed by atoms with Crippen molar-refractivity contribution in [1.82, 2.24) is 0 Å². The van der Waals surface area contributed by atoms with Crippen LogP contribution in [0.15, 0.2) is 48.1 Å². The van der Waals surface area contributed by atoms with Crippen LogP contribution >= 0.6 is 0 Å². The van der Waals surface area contributed by atoms with Gasteiger partial charge in [0, 0.05) is 5.41 Å². The summed E-state index contributed by atoms with van der Waals surface area (Å²) in [7, 11) is 1.88. The van der Waals surface area contributed by atoms with Crippen LogP contribution in [0.5, 0.6) is 0 Å². The van der Waals surface area contributed by atoms with E-state index in [-0.39, 0.29) is 5.41 Å². The maximum Gasteiger partial charge on any atom is 0.332 e. The molecule has 2 aromatic carbocycles. The molecule has 0 atom stereocenters. The summed E-state index contributed by atoms with van der Waals surface area (Å²) in [4.78, 5) is 0. The summed E-state index contributed by atoms with van der Waals surface area (Å²) in [5.41, 5.74) is 5.03. The normalized spacial score (nSPS) is 18.4. The van der Waals surface area contributed by atoms with E-state index >= 15 is 0 Å². The zero-order valence-electron chi connectivity index (χ0n) is 17.9. The summed E-state index contributed by atoms with van der Waals surface area (Å²) in [5, 5.41) is 13.0. The van der Waals surface area contributed by atoms with E-state index in [9.17, 15) is 5.11 Å². The summed E-state index contributed by atoms with van der Waals surface area (Å²) < 4.78 is 6.24. The van der Waals surface area contributed by atoms with Crippen molar-refractivity contribution in [2.45, 2.75) is 71.0 Å². The standard InChI is InChI=1S/C25H30BO2/c1-23(2)19-14-10-9-13-18(19)21-20(23)15-16-11-7-8-12-17(16)22(21)26-28-25(5,6)24(3,4)27/h7-9,11-13,15,27H,10,14H2,1-6H3. The number of fused-ring (bicyclic) bond motifs is 3. The van der Waals surface area contributed by atoms with Gasteiger partial charge in [0.1, 0.15) is 0 Å². The van der Waals surface area contributed by atoms with E-state index in [4.69, 9.17) is 4.65 Å². The largest absolute Gasteiger partial charge is 0.427 e. The number of rotatable bonds is 4. The second-order valence-electron chi connectivity index (χ2n) is 9.70. The van der Waals surface area contributed by atoms with Crippen LogP contribution in [0.2, 0.25) is 0 Å². The molecule has 1 radical (unpaired) electrons. The van der Waals surface area contributed by atoms with Gasteiger partial charge in [-0.2, -0.15) is 0 Å². The van der Waals surface area contributed by atoms with E-state index in [1.807, 2.05) is 21.3 Å². The molecule has 3 heteroatoms. The highest BCUT2D eigenvalue weighted by atomic mass is 16.5. The zero-order valence-corrected chi connectivity index (χ0v) is 17.9. The first-order chi connectivity index (χ1) is 13.0. The lowest BCUT2D eigenvalue weighted by Gasteiger charge is -2.38. The fourth-order valence-electron chi connectivity index (χ4n) is 4.34. The minimum atomic E-state index is -0.953. The van der Waals surface area contributed by atoms with Gasteiger partial charge in [-0.25, -0.2) is 0 Å². The second-order valence-corrected chi connectivity index (χ2v) is 9.70. The van der Waals surface area contributed by atoms with Crippen LogP contribution in [0.3, 0.4) is 0 Å². The number of benzene rings is 2. The number of aliphatic hydroxyl groups is 1. The smallest absolute Gasteiger partial charge is 0.332 e. The van der Waals surface area contributed by atoms with E-state index in [0.29, 0.717) is 0 Å². The summed E-state index contributed by atoms with van der Waals surface area (Å²) in [6, 6.07) is 10.9. The van der Waals surface area contributed by atoms with Crippen molar-refractivity contribution in [3.05, 3.63) is 59.2 Å². The first kappa shape index (κ1) is 19.5. The highest BCUT2D eigenvalue weighted by Crippen LogP contribution is 2.50. The molecule has 0 aromatic heterocycles. The van der Waals surface area contributed by atoms with Gasteiger partial charge in [0.25, 0.3) is 0 Å². The molecular weight excluding hydrogens is 343 g/mol. The van der Waals surface area contributed by atoms with E-state index in [2.05, 4.69) is 56.3 Å². The molecule has 1 N–H and O–H groups in total. The Morgan fingerprint density at radius 3 is 2.54 bits per heavy atom. The summed E-state index contributed by atoms with van der Waals surface area (Å²) in [6.45, 7) is 12.1. The maximum absolute atomic E-state index is 10.5. The van der Waals surface area contributed by atoms with Crippen molar-refractivity contribution in [2.75, 3.05) is 0 Å². The fourth-order valence-corrected chi connectivity index (χ4v) is 4.34. The van der Waals surface area contributed by atoms with Crippen molar-refractivity contribution >= 4 is 29.3 Å². The molecular formula is C25H30BO2. The molecule has 2 nitrogen and oxygen atoms in total. The Kier molecular flexibility index (Phi) is 4.41. The predicted molar refractivity (Wildman–Crippen MR) is 119 cm³/mol. The summed E-state index contributed by atoms with van der Waals surface area (Å²) in [5.74, 6) is 0. The highest BCUT2D eigenvalue weighted by Gasteiger charge is 2.41. The highest BCUT2D eigenvalue weighted by molar-refractivity contribution is 6.53. The molecule has 0 saturated heterocycles. The molecule has 0 fully saturated rings. The van der Waals surface area contributed by atoms with Crippen molar-refractivity contribution in [3.8, 4) is 0 Å². The number of allylic oxidation sites excluding steroid dienone is 4. The van der Waals surface area contributed by atoms with E-state index in [1.165, 1.54) is 33.0 Å². The monoisotopic (exact) mass is 373 g/mol. The topological polar surface area (TPSA) is 29.5 Å². The van der Waals surface area contributed by atoms with Gasteiger partial charge in [-0.05, 0) is 79.5 Å². The lowest BCUT2D eigenvalue weighted by molar-refractivity contribution is -0.0893. The first-order valence-electron chi connectivity index (χ1n) is 10.2. The van der Waals surface area contributed by atoms with Gasteiger partial charge in [0.05, 0.1) is 11.2 Å². The third-order valence-corrected chi connectivity index (χ3v) is 6.90. The Bertz CT molecular complexity index is 1000. The van der Waals surface area contributed by atoms with Crippen LogP contribution in [0.25, 0.3) is 16.3 Å². The average molecular weight is 373 g/mol. The van der Waals surface area contributed by atoms with Crippen molar-refractivity contribution in [2.24, 2.45) is 0 Å². The molecule has 2 aliphatic carbocycles. The average Bonchev–Trinajstić information content (AvgIpc) is 2.86. The van der Waals surface area contributed by atoms with E-state index < -0.39 is 11.2 Å². The third-order valence-electron chi connectivity index (χ3n) is 6.90. The van der Waals surface area contributed by atoms with Gasteiger partial charge >= 0.3 is 7.48 Å². The van der Waals surface area contributed by atoms with Crippen molar-refractivity contribution in [3.63, 3.8) is 0 Å². The van der Waals surface area contributed by atoms with Crippen molar-refractivity contribution < 1.29 is 9.76 Å². The van der Waals surface area contributed by atoms with Crippen molar-refractivity contribution in [1.29, 1.82) is 0 Å². The van der Waals surface area contributed by atoms with Crippen LogP contribution in [0.4, 0.5) is 0 Å². The Balaban J connectivity index is 1.91. The molecule has 2 aromatic rings. The van der Waals surface area contributed by atoms with E-state index in [0.717, 1.165) is 18.3 Å². The quantitative estimate of drug-likeness (QED) is 0.761. The molecule has 0 amide bonds. The maximum atomic E-state index is 10.5. The van der Waals surface area contributed by atoms with Crippen LogP contribution < -0.4 is 5.46 Å². The van der Waals surface area contributed by atoms with Gasteiger partial charge in [-0.1, -0.05) is 55.8 Å². The third kappa shape index (κ3) is 2.87. The SMILES string of the molecule is CC1(C)C2=C(C=CCC2)c2c1cc1ccccc1c2[B]OC(C)(C)C(C)(C)O. The molecule has 28 heavy (non-hydrogen) atoms. The minimum absolute atomic E-state index is 0.0216. The van der Waals surface area contributed by atoms with Gasteiger partial charge in [-0.3, -0.25) is 0 Å². The summed E-state index contributed by atoms with van der Waals surface area (Å²) in [6.07, 6.45) is 6.79.